The van der Waals surface area contributed by atoms with Crippen molar-refractivity contribution in [2.75, 3.05) is 13.7 Å². The normalized spacial score (nSPS) is 10.6. The fourth-order valence-corrected chi connectivity index (χ4v) is 2.03. The van der Waals surface area contributed by atoms with Crippen LogP contribution in [-0.2, 0) is 11.3 Å². The smallest absolute Gasteiger partial charge is 0.268 e. The number of pyridine rings is 1. The van der Waals surface area contributed by atoms with E-state index in [1.54, 1.807) is 13.3 Å². The van der Waals surface area contributed by atoms with Gasteiger partial charge in [0.1, 0.15) is 10.2 Å². The van der Waals surface area contributed by atoms with Crippen LogP contribution in [0.3, 0.4) is 0 Å². The molecule has 0 bridgehead atoms. The van der Waals surface area contributed by atoms with E-state index in [0.717, 1.165) is 0 Å². The Morgan fingerprint density at radius 3 is 2.89 bits per heavy atom. The van der Waals surface area contributed by atoms with Gasteiger partial charge in [-0.1, -0.05) is 6.07 Å². The average Bonchev–Trinajstić information content (AvgIpc) is 2.41. The topological polar surface area (TPSA) is 57.0 Å². The molecule has 0 spiro atoms. The first-order valence-corrected chi connectivity index (χ1v) is 6.18. The molecule has 18 heavy (non-hydrogen) atoms. The summed E-state index contributed by atoms with van der Waals surface area (Å²) in [6.07, 6.45) is 3.18. The van der Waals surface area contributed by atoms with Crippen molar-refractivity contribution in [1.82, 2.24) is 14.5 Å². The highest BCUT2D eigenvalue weighted by Crippen LogP contribution is 2.20. The summed E-state index contributed by atoms with van der Waals surface area (Å²) in [6, 6.07) is 5.48. The monoisotopic (exact) mass is 309 g/mol. The highest BCUT2D eigenvalue weighted by Gasteiger charge is 2.11. The molecule has 0 aromatic carbocycles. The maximum Gasteiger partial charge on any atom is 0.268 e. The van der Waals surface area contributed by atoms with Crippen LogP contribution < -0.4 is 5.56 Å². The van der Waals surface area contributed by atoms with Crippen molar-refractivity contribution in [3.8, 4) is 11.4 Å². The molecule has 0 atom stereocenters. The van der Waals surface area contributed by atoms with E-state index in [-0.39, 0.29) is 5.56 Å². The number of methoxy groups -OCH3 is 1. The molecule has 0 amide bonds. The van der Waals surface area contributed by atoms with Crippen LogP contribution in [0.2, 0.25) is 0 Å². The van der Waals surface area contributed by atoms with Gasteiger partial charge in [-0.15, -0.1) is 0 Å². The maximum absolute atomic E-state index is 12.1. The van der Waals surface area contributed by atoms with Crippen molar-refractivity contribution in [2.45, 2.75) is 6.54 Å². The molecule has 5 nitrogen and oxygen atoms in total. The highest BCUT2D eigenvalue weighted by atomic mass is 79.9. The largest absolute Gasteiger partial charge is 0.383 e. The number of nitrogens with zero attached hydrogens (tertiary/aromatic N) is 3. The summed E-state index contributed by atoms with van der Waals surface area (Å²) in [4.78, 5) is 20.5. The predicted octanol–water partition coefficient (Wildman–Crippen LogP) is 1.71. The number of ether oxygens (including phenoxy) is 1. The van der Waals surface area contributed by atoms with E-state index in [1.165, 1.54) is 10.9 Å². The molecule has 0 N–H and O–H groups in total. The summed E-state index contributed by atoms with van der Waals surface area (Å²) in [5.41, 5.74) is 1.08. The van der Waals surface area contributed by atoms with E-state index < -0.39 is 0 Å². The van der Waals surface area contributed by atoms with Crippen molar-refractivity contribution in [1.29, 1.82) is 0 Å². The number of hydrogen-bond acceptors (Lipinski definition) is 4. The number of halogens is 1. The second-order valence-corrected chi connectivity index (χ2v) is 4.41. The summed E-state index contributed by atoms with van der Waals surface area (Å²) in [6.45, 7) is 0.945. The summed E-state index contributed by atoms with van der Waals surface area (Å²) in [7, 11) is 1.59. The van der Waals surface area contributed by atoms with E-state index in [4.69, 9.17) is 4.74 Å². The van der Waals surface area contributed by atoms with Gasteiger partial charge in [0.05, 0.1) is 25.2 Å². The minimum Gasteiger partial charge on any atom is -0.383 e. The first-order chi connectivity index (χ1) is 8.74. The Morgan fingerprint density at radius 2 is 2.22 bits per heavy atom. The van der Waals surface area contributed by atoms with Gasteiger partial charge in [0, 0.05) is 13.3 Å². The van der Waals surface area contributed by atoms with Crippen LogP contribution in [-0.4, -0.2) is 28.3 Å². The Hall–Kier alpha value is -1.53. The SMILES string of the molecule is COCCn1cnc(-c2ccccn2)c(Br)c1=O. The summed E-state index contributed by atoms with van der Waals surface area (Å²) in [5, 5.41) is 0. The van der Waals surface area contributed by atoms with Gasteiger partial charge in [0.25, 0.3) is 5.56 Å². The Balaban J connectivity index is 2.41. The van der Waals surface area contributed by atoms with Gasteiger partial charge in [-0.05, 0) is 28.1 Å². The predicted molar refractivity (Wildman–Crippen MR) is 71.3 cm³/mol. The van der Waals surface area contributed by atoms with Crippen LogP contribution >= 0.6 is 15.9 Å². The highest BCUT2D eigenvalue weighted by molar-refractivity contribution is 9.10. The number of hydrogen-bond donors (Lipinski definition) is 0. The van der Waals surface area contributed by atoms with E-state index in [9.17, 15) is 4.79 Å². The van der Waals surface area contributed by atoms with E-state index >= 15 is 0 Å². The molecule has 2 aromatic rings. The van der Waals surface area contributed by atoms with Crippen LogP contribution in [0, 0.1) is 0 Å². The van der Waals surface area contributed by atoms with Gasteiger partial charge in [-0.25, -0.2) is 4.98 Å². The molecule has 94 valence electrons. The fraction of sp³-hybridized carbons (Fsp3) is 0.250. The number of aromatic nitrogens is 3. The van der Waals surface area contributed by atoms with Gasteiger partial charge < -0.3 is 4.74 Å². The Bertz CT molecular complexity index is 584. The van der Waals surface area contributed by atoms with Gasteiger partial charge >= 0.3 is 0 Å². The Kier molecular flexibility index (Phi) is 4.22. The molecule has 0 unspecified atom stereocenters. The van der Waals surface area contributed by atoms with Gasteiger partial charge in [0.2, 0.25) is 0 Å². The molecule has 6 heteroatoms. The van der Waals surface area contributed by atoms with E-state index in [2.05, 4.69) is 25.9 Å². The second kappa shape index (κ2) is 5.88. The van der Waals surface area contributed by atoms with E-state index in [0.29, 0.717) is 29.0 Å². The van der Waals surface area contributed by atoms with Gasteiger partial charge in [0.15, 0.2) is 0 Å². The number of rotatable bonds is 4. The molecule has 2 heterocycles. The molecule has 0 aliphatic carbocycles. The zero-order valence-corrected chi connectivity index (χ0v) is 11.4. The van der Waals surface area contributed by atoms with Crippen molar-refractivity contribution < 1.29 is 4.74 Å². The molecule has 0 fully saturated rings. The molecular formula is C12H12BrN3O2. The van der Waals surface area contributed by atoms with Crippen molar-refractivity contribution in [3.05, 3.63) is 45.5 Å². The zero-order chi connectivity index (χ0) is 13.0. The molecule has 0 saturated heterocycles. The minimum absolute atomic E-state index is 0.136. The molecule has 0 aliphatic heterocycles. The lowest BCUT2D eigenvalue weighted by molar-refractivity contribution is 0.186. The molecule has 0 saturated carbocycles. The fourth-order valence-electron chi connectivity index (χ4n) is 1.49. The van der Waals surface area contributed by atoms with Gasteiger partial charge in [-0.2, -0.15) is 0 Å². The Morgan fingerprint density at radius 1 is 1.39 bits per heavy atom. The zero-order valence-electron chi connectivity index (χ0n) is 9.84. The lowest BCUT2D eigenvalue weighted by Gasteiger charge is -2.07. The molecule has 2 aromatic heterocycles. The molecule has 2 rings (SSSR count). The van der Waals surface area contributed by atoms with Crippen molar-refractivity contribution in [3.63, 3.8) is 0 Å². The summed E-state index contributed by atoms with van der Waals surface area (Å²) >= 11 is 3.28. The van der Waals surface area contributed by atoms with Crippen molar-refractivity contribution >= 4 is 15.9 Å². The van der Waals surface area contributed by atoms with Crippen LogP contribution in [0.5, 0.6) is 0 Å². The standard InChI is InChI=1S/C12H12BrN3O2/c1-18-7-6-16-8-15-11(10(13)12(16)17)9-4-2-3-5-14-9/h2-5,8H,6-7H2,1H3. The third kappa shape index (κ3) is 2.65. The van der Waals surface area contributed by atoms with Crippen LogP contribution in [0.4, 0.5) is 0 Å². The quantitative estimate of drug-likeness (QED) is 0.863. The van der Waals surface area contributed by atoms with E-state index in [1.807, 2.05) is 18.2 Å². The minimum atomic E-state index is -0.136. The summed E-state index contributed by atoms with van der Waals surface area (Å²) in [5.74, 6) is 0. The second-order valence-electron chi connectivity index (χ2n) is 3.61. The van der Waals surface area contributed by atoms with Crippen LogP contribution in [0.1, 0.15) is 0 Å². The molecular weight excluding hydrogens is 298 g/mol. The third-order valence-corrected chi connectivity index (χ3v) is 3.14. The first kappa shape index (κ1) is 12.9. The van der Waals surface area contributed by atoms with Crippen molar-refractivity contribution in [2.24, 2.45) is 0 Å². The lowest BCUT2D eigenvalue weighted by atomic mass is 10.2. The van der Waals surface area contributed by atoms with Crippen LogP contribution in [0.15, 0.2) is 40.0 Å². The molecule has 0 radical (unpaired) electrons. The summed E-state index contributed by atoms with van der Waals surface area (Å²) < 4.78 is 6.86. The third-order valence-electron chi connectivity index (χ3n) is 2.43. The lowest BCUT2D eigenvalue weighted by Crippen LogP contribution is -2.23. The maximum atomic E-state index is 12.1. The average molecular weight is 310 g/mol. The van der Waals surface area contributed by atoms with Crippen LogP contribution in [0.25, 0.3) is 11.4 Å². The Labute approximate surface area is 113 Å². The first-order valence-electron chi connectivity index (χ1n) is 5.39. The molecule has 0 aliphatic rings. The van der Waals surface area contributed by atoms with Gasteiger partial charge in [-0.3, -0.25) is 14.3 Å².